The first-order valence-electron chi connectivity index (χ1n) is 6.33. The fourth-order valence-corrected chi connectivity index (χ4v) is 1.42. The third-order valence-corrected chi connectivity index (χ3v) is 2.48. The molecular weight excluding hydrogens is 252 g/mol. The number of aliphatic hydroxyl groups is 1. The summed E-state index contributed by atoms with van der Waals surface area (Å²) in [6.45, 7) is 2.35. The predicted octanol–water partition coefficient (Wildman–Crippen LogP) is -0.829. The molecule has 0 aliphatic rings. The van der Waals surface area contributed by atoms with E-state index in [-0.39, 0.29) is 6.61 Å². The van der Waals surface area contributed by atoms with Gasteiger partial charge in [-0.05, 0) is 19.4 Å². The van der Waals surface area contributed by atoms with Crippen LogP contribution in [-0.4, -0.2) is 56.0 Å². The maximum absolute atomic E-state index is 11.0. The Balaban J connectivity index is 3.40. The second kappa shape index (κ2) is 10.7. The number of unbranched alkanes of at least 4 members (excludes halogenated alkanes) is 1. The van der Waals surface area contributed by atoms with E-state index in [0.29, 0.717) is 19.5 Å². The van der Waals surface area contributed by atoms with Crippen LogP contribution in [0.2, 0.25) is 0 Å². The Labute approximate surface area is 113 Å². The second-order valence-electron chi connectivity index (χ2n) is 4.29. The van der Waals surface area contributed by atoms with Crippen molar-refractivity contribution in [3.8, 4) is 0 Å². The van der Waals surface area contributed by atoms with Crippen molar-refractivity contribution < 1.29 is 24.2 Å². The largest absolute Gasteiger partial charge is 0.468 e. The standard InChI is InChI=1S/C12H24N2O5/c1-9(15)19-8-10(16)7-14-6-4-3-5-11(13)12(17)18-2/h10-11,14,16H,3-8,13H2,1-2H3. The van der Waals surface area contributed by atoms with Gasteiger partial charge in [0, 0.05) is 13.5 Å². The monoisotopic (exact) mass is 276 g/mol. The first-order chi connectivity index (χ1) is 8.97. The zero-order chi connectivity index (χ0) is 14.7. The summed E-state index contributed by atoms with van der Waals surface area (Å²) < 4.78 is 9.17. The highest BCUT2D eigenvalue weighted by atomic mass is 16.5. The Hall–Kier alpha value is -1.18. The Morgan fingerprint density at radius 2 is 2.05 bits per heavy atom. The van der Waals surface area contributed by atoms with Gasteiger partial charge in [-0.3, -0.25) is 9.59 Å². The lowest BCUT2D eigenvalue weighted by Crippen LogP contribution is -2.33. The number of hydrogen-bond donors (Lipinski definition) is 3. The lowest BCUT2D eigenvalue weighted by atomic mass is 10.1. The number of carbonyl (C=O) groups excluding carboxylic acids is 2. The lowest BCUT2D eigenvalue weighted by Gasteiger charge is -2.12. The highest BCUT2D eigenvalue weighted by Gasteiger charge is 2.12. The van der Waals surface area contributed by atoms with Crippen molar-refractivity contribution in [1.29, 1.82) is 0 Å². The van der Waals surface area contributed by atoms with Crippen LogP contribution in [-0.2, 0) is 19.1 Å². The fourth-order valence-electron chi connectivity index (χ4n) is 1.42. The number of esters is 2. The van der Waals surface area contributed by atoms with Gasteiger partial charge in [-0.25, -0.2) is 0 Å². The van der Waals surface area contributed by atoms with Crippen LogP contribution in [0.15, 0.2) is 0 Å². The van der Waals surface area contributed by atoms with Crippen LogP contribution in [0.25, 0.3) is 0 Å². The maximum Gasteiger partial charge on any atom is 0.322 e. The number of ether oxygens (including phenoxy) is 2. The predicted molar refractivity (Wildman–Crippen MR) is 69.4 cm³/mol. The van der Waals surface area contributed by atoms with Crippen molar-refractivity contribution >= 4 is 11.9 Å². The van der Waals surface area contributed by atoms with Gasteiger partial charge < -0.3 is 25.6 Å². The van der Waals surface area contributed by atoms with Gasteiger partial charge in [0.25, 0.3) is 0 Å². The van der Waals surface area contributed by atoms with Gasteiger partial charge in [-0.2, -0.15) is 0 Å². The highest BCUT2D eigenvalue weighted by molar-refractivity contribution is 5.75. The van der Waals surface area contributed by atoms with Crippen LogP contribution in [0.3, 0.4) is 0 Å². The van der Waals surface area contributed by atoms with Crippen molar-refractivity contribution in [2.24, 2.45) is 5.73 Å². The van der Waals surface area contributed by atoms with Crippen LogP contribution in [0, 0.1) is 0 Å². The Morgan fingerprint density at radius 1 is 1.37 bits per heavy atom. The molecule has 0 aromatic carbocycles. The number of methoxy groups -OCH3 is 1. The number of aliphatic hydroxyl groups excluding tert-OH is 1. The van der Waals surface area contributed by atoms with Crippen molar-refractivity contribution in [3.05, 3.63) is 0 Å². The Morgan fingerprint density at radius 3 is 2.63 bits per heavy atom. The molecule has 19 heavy (non-hydrogen) atoms. The number of rotatable bonds is 10. The van der Waals surface area contributed by atoms with Crippen molar-refractivity contribution in [2.75, 3.05) is 26.8 Å². The number of nitrogens with two attached hydrogens (primary N) is 1. The van der Waals surface area contributed by atoms with Crippen molar-refractivity contribution in [3.63, 3.8) is 0 Å². The molecule has 0 rings (SSSR count). The third kappa shape index (κ3) is 10.4. The molecule has 0 bridgehead atoms. The van der Waals surface area contributed by atoms with Gasteiger partial charge in [0.05, 0.1) is 7.11 Å². The molecule has 7 heteroatoms. The van der Waals surface area contributed by atoms with E-state index in [4.69, 9.17) is 5.73 Å². The molecule has 112 valence electrons. The number of nitrogens with one attached hydrogen (secondary N) is 1. The molecule has 0 aliphatic heterocycles. The average Bonchev–Trinajstić information content (AvgIpc) is 2.38. The molecule has 2 atom stereocenters. The lowest BCUT2D eigenvalue weighted by molar-refractivity contribution is -0.144. The Bertz CT molecular complexity index is 273. The minimum absolute atomic E-state index is 0.00442. The minimum atomic E-state index is -0.707. The van der Waals surface area contributed by atoms with E-state index in [0.717, 1.165) is 12.8 Å². The molecule has 7 nitrogen and oxygen atoms in total. The van der Waals surface area contributed by atoms with E-state index < -0.39 is 24.1 Å². The van der Waals surface area contributed by atoms with E-state index in [9.17, 15) is 14.7 Å². The van der Waals surface area contributed by atoms with Crippen LogP contribution in [0.5, 0.6) is 0 Å². The van der Waals surface area contributed by atoms with Crippen LogP contribution < -0.4 is 11.1 Å². The maximum atomic E-state index is 11.0. The molecule has 0 saturated heterocycles. The van der Waals surface area contributed by atoms with Gasteiger partial charge in [-0.1, -0.05) is 6.42 Å². The van der Waals surface area contributed by atoms with Gasteiger partial charge in [0.1, 0.15) is 18.8 Å². The van der Waals surface area contributed by atoms with Crippen molar-refractivity contribution in [1.82, 2.24) is 5.32 Å². The van der Waals surface area contributed by atoms with Crippen LogP contribution >= 0.6 is 0 Å². The summed E-state index contributed by atoms with van der Waals surface area (Å²) in [5.41, 5.74) is 5.58. The molecule has 0 aliphatic carbocycles. The van der Waals surface area contributed by atoms with Gasteiger partial charge >= 0.3 is 11.9 Å². The summed E-state index contributed by atoms with van der Waals surface area (Å²) in [4.78, 5) is 21.5. The minimum Gasteiger partial charge on any atom is -0.468 e. The Kier molecular flexibility index (Phi) is 10.1. The molecule has 4 N–H and O–H groups in total. The SMILES string of the molecule is COC(=O)C(N)CCCCNCC(O)COC(C)=O. The summed E-state index contributed by atoms with van der Waals surface area (Å²) in [6.07, 6.45) is 1.50. The molecule has 0 heterocycles. The smallest absolute Gasteiger partial charge is 0.322 e. The zero-order valence-electron chi connectivity index (χ0n) is 11.6. The average molecular weight is 276 g/mol. The molecule has 0 fully saturated rings. The number of hydrogen-bond acceptors (Lipinski definition) is 7. The van der Waals surface area contributed by atoms with Gasteiger partial charge in [0.15, 0.2) is 0 Å². The van der Waals surface area contributed by atoms with E-state index in [1.165, 1.54) is 14.0 Å². The molecule has 0 spiro atoms. The molecule has 0 radical (unpaired) electrons. The van der Waals surface area contributed by atoms with E-state index in [1.807, 2.05) is 0 Å². The fraction of sp³-hybridized carbons (Fsp3) is 0.833. The second-order valence-corrected chi connectivity index (χ2v) is 4.29. The van der Waals surface area contributed by atoms with Crippen molar-refractivity contribution in [2.45, 2.75) is 38.3 Å². The summed E-state index contributed by atoms with van der Waals surface area (Å²) in [5.74, 6) is -0.805. The third-order valence-electron chi connectivity index (χ3n) is 2.48. The molecule has 0 aromatic rings. The summed E-state index contributed by atoms with van der Waals surface area (Å²) in [6, 6.07) is -0.570. The molecule has 0 amide bonds. The first kappa shape index (κ1) is 17.8. The van der Waals surface area contributed by atoms with E-state index in [2.05, 4.69) is 14.8 Å². The molecular formula is C12H24N2O5. The van der Waals surface area contributed by atoms with Crippen LogP contribution in [0.1, 0.15) is 26.2 Å². The van der Waals surface area contributed by atoms with Gasteiger partial charge in [0.2, 0.25) is 0 Å². The van der Waals surface area contributed by atoms with Gasteiger partial charge in [-0.15, -0.1) is 0 Å². The summed E-state index contributed by atoms with van der Waals surface area (Å²) in [5, 5.41) is 12.5. The number of carbonyl (C=O) groups is 2. The van der Waals surface area contributed by atoms with E-state index in [1.54, 1.807) is 0 Å². The van der Waals surface area contributed by atoms with E-state index >= 15 is 0 Å². The zero-order valence-corrected chi connectivity index (χ0v) is 11.6. The molecule has 2 unspecified atom stereocenters. The highest BCUT2D eigenvalue weighted by Crippen LogP contribution is 1.99. The molecule has 0 saturated carbocycles. The molecule has 0 aromatic heterocycles. The quantitative estimate of drug-likeness (QED) is 0.353. The topological polar surface area (TPSA) is 111 Å². The summed E-state index contributed by atoms with van der Waals surface area (Å²) >= 11 is 0. The van der Waals surface area contributed by atoms with Crippen LogP contribution in [0.4, 0.5) is 0 Å². The summed E-state index contributed by atoms with van der Waals surface area (Å²) in [7, 11) is 1.31. The first-order valence-corrected chi connectivity index (χ1v) is 6.33. The normalized spacial score (nSPS) is 13.7.